The molecule has 3 aromatic carbocycles. The van der Waals surface area contributed by atoms with Gasteiger partial charge in [-0.2, -0.15) is 0 Å². The third-order valence-corrected chi connectivity index (χ3v) is 6.71. The van der Waals surface area contributed by atoms with Crippen molar-refractivity contribution < 1.29 is 9.53 Å². The third kappa shape index (κ3) is 3.66. The first-order valence-corrected chi connectivity index (χ1v) is 10.9. The SMILES string of the molecule is O=C(O[C@H]1C2CCN(CC2)[C@H]1C(c1ccccc1)c1ccccc1)c1ccccc1. The zero-order valence-electron chi connectivity index (χ0n) is 17.1. The van der Waals surface area contributed by atoms with Crippen LogP contribution in [0.5, 0.6) is 0 Å². The maximum Gasteiger partial charge on any atom is 0.338 e. The molecule has 0 spiro atoms. The highest BCUT2D eigenvalue weighted by Gasteiger charge is 2.48. The molecule has 3 heteroatoms. The molecule has 3 nitrogen and oxygen atoms in total. The highest BCUT2D eigenvalue weighted by molar-refractivity contribution is 5.89. The molecule has 3 fully saturated rings. The van der Waals surface area contributed by atoms with E-state index in [9.17, 15) is 4.79 Å². The van der Waals surface area contributed by atoms with Crippen molar-refractivity contribution in [3.63, 3.8) is 0 Å². The quantitative estimate of drug-likeness (QED) is 0.559. The van der Waals surface area contributed by atoms with Crippen molar-refractivity contribution in [2.75, 3.05) is 13.1 Å². The maximum atomic E-state index is 13.0. The number of carbonyl (C=O) groups is 1. The minimum absolute atomic E-state index is 0.106. The van der Waals surface area contributed by atoms with Crippen molar-refractivity contribution in [2.45, 2.75) is 30.9 Å². The van der Waals surface area contributed by atoms with Crippen molar-refractivity contribution in [1.82, 2.24) is 4.90 Å². The Labute approximate surface area is 178 Å². The molecule has 0 aliphatic carbocycles. The summed E-state index contributed by atoms with van der Waals surface area (Å²) in [5.74, 6) is 0.380. The molecule has 3 aliphatic heterocycles. The maximum absolute atomic E-state index is 13.0. The third-order valence-electron chi connectivity index (χ3n) is 6.71. The van der Waals surface area contributed by atoms with Crippen molar-refractivity contribution in [1.29, 1.82) is 0 Å². The first-order chi connectivity index (χ1) is 14.8. The summed E-state index contributed by atoms with van der Waals surface area (Å²) in [6.07, 6.45) is 2.09. The topological polar surface area (TPSA) is 29.5 Å². The number of rotatable bonds is 5. The van der Waals surface area contributed by atoms with Gasteiger partial charge in [0.1, 0.15) is 6.10 Å². The lowest BCUT2D eigenvalue weighted by Gasteiger charge is -2.53. The average Bonchev–Trinajstić information content (AvgIpc) is 2.83. The fourth-order valence-corrected chi connectivity index (χ4v) is 5.27. The van der Waals surface area contributed by atoms with Crippen LogP contribution in [0.1, 0.15) is 40.2 Å². The van der Waals surface area contributed by atoms with E-state index in [0.29, 0.717) is 11.5 Å². The zero-order valence-corrected chi connectivity index (χ0v) is 17.1. The second-order valence-corrected chi connectivity index (χ2v) is 8.40. The number of carbonyl (C=O) groups excluding carboxylic acids is 1. The summed E-state index contributed by atoms with van der Waals surface area (Å²) in [5, 5.41) is 0. The van der Waals surface area contributed by atoms with Crippen molar-refractivity contribution in [3.8, 4) is 0 Å². The predicted octanol–water partition coefficient (Wildman–Crippen LogP) is 5.14. The Morgan fingerprint density at radius 2 is 1.27 bits per heavy atom. The number of esters is 1. The van der Waals surface area contributed by atoms with Gasteiger partial charge in [-0.1, -0.05) is 78.9 Å². The smallest absolute Gasteiger partial charge is 0.338 e. The number of piperidine rings is 3. The molecule has 0 saturated carbocycles. The van der Waals surface area contributed by atoms with E-state index in [1.807, 2.05) is 30.3 Å². The molecule has 0 aromatic heterocycles. The first kappa shape index (κ1) is 19.1. The van der Waals surface area contributed by atoms with Crippen molar-refractivity contribution in [3.05, 3.63) is 108 Å². The highest BCUT2D eigenvalue weighted by Crippen LogP contribution is 2.43. The summed E-state index contributed by atoms with van der Waals surface area (Å²) in [4.78, 5) is 15.5. The van der Waals surface area contributed by atoms with Crippen LogP contribution in [0.15, 0.2) is 91.0 Å². The summed E-state index contributed by atoms with van der Waals surface area (Å²) < 4.78 is 6.27. The molecular formula is C27H27NO2. The van der Waals surface area contributed by atoms with Crippen LogP contribution in [-0.4, -0.2) is 36.1 Å². The molecular weight excluding hydrogens is 370 g/mol. The van der Waals surface area contributed by atoms with Gasteiger partial charge in [0, 0.05) is 5.92 Å². The normalized spacial score (nSPS) is 25.2. The van der Waals surface area contributed by atoms with Crippen LogP contribution in [-0.2, 0) is 4.74 Å². The molecule has 152 valence electrons. The Morgan fingerprint density at radius 1 is 0.767 bits per heavy atom. The van der Waals surface area contributed by atoms with E-state index in [2.05, 4.69) is 65.6 Å². The van der Waals surface area contributed by atoms with Crippen molar-refractivity contribution >= 4 is 5.97 Å². The van der Waals surface area contributed by atoms with Crippen LogP contribution in [0.25, 0.3) is 0 Å². The Balaban J connectivity index is 1.53. The van der Waals surface area contributed by atoms with Gasteiger partial charge in [-0.3, -0.25) is 4.90 Å². The van der Waals surface area contributed by atoms with E-state index in [1.165, 1.54) is 11.1 Å². The highest BCUT2D eigenvalue weighted by atomic mass is 16.5. The number of ether oxygens (including phenoxy) is 1. The van der Waals surface area contributed by atoms with E-state index < -0.39 is 0 Å². The molecule has 0 N–H and O–H groups in total. The summed E-state index contributed by atoms with van der Waals surface area (Å²) in [6.45, 7) is 2.15. The molecule has 3 saturated heterocycles. The van der Waals surface area contributed by atoms with Crippen LogP contribution >= 0.6 is 0 Å². The molecule has 3 aromatic rings. The van der Waals surface area contributed by atoms with Gasteiger partial charge in [0.2, 0.25) is 0 Å². The van der Waals surface area contributed by atoms with Gasteiger partial charge in [0.15, 0.2) is 0 Å². The molecule has 0 unspecified atom stereocenters. The van der Waals surface area contributed by atoms with Crippen LogP contribution in [0, 0.1) is 5.92 Å². The van der Waals surface area contributed by atoms with E-state index >= 15 is 0 Å². The molecule has 0 amide bonds. The molecule has 2 bridgehead atoms. The van der Waals surface area contributed by atoms with Gasteiger partial charge in [-0.25, -0.2) is 4.79 Å². The fraction of sp³-hybridized carbons (Fsp3) is 0.296. The van der Waals surface area contributed by atoms with E-state index in [1.54, 1.807) is 0 Å². The summed E-state index contributed by atoms with van der Waals surface area (Å²) in [5.41, 5.74) is 3.19. The number of fused-ring (bicyclic) bond motifs is 3. The minimum atomic E-state index is -0.209. The van der Waals surface area contributed by atoms with Crippen LogP contribution in [0.3, 0.4) is 0 Å². The lowest BCUT2D eigenvalue weighted by atomic mass is 9.72. The first-order valence-electron chi connectivity index (χ1n) is 10.9. The fourth-order valence-electron chi connectivity index (χ4n) is 5.27. The van der Waals surface area contributed by atoms with Gasteiger partial charge < -0.3 is 4.74 Å². The largest absolute Gasteiger partial charge is 0.457 e. The number of nitrogens with zero attached hydrogens (tertiary/aromatic N) is 1. The second kappa shape index (κ2) is 8.45. The van der Waals surface area contributed by atoms with Gasteiger partial charge in [-0.05, 0) is 55.1 Å². The molecule has 30 heavy (non-hydrogen) atoms. The Bertz CT molecular complexity index is 926. The number of hydrogen-bond acceptors (Lipinski definition) is 3. The number of hydrogen-bond donors (Lipinski definition) is 0. The molecule has 3 aliphatic rings. The van der Waals surface area contributed by atoms with Gasteiger partial charge >= 0.3 is 5.97 Å². The minimum Gasteiger partial charge on any atom is -0.457 e. The van der Waals surface area contributed by atoms with Crippen LogP contribution in [0.4, 0.5) is 0 Å². The molecule has 2 atom stereocenters. The molecule has 0 radical (unpaired) electrons. The lowest BCUT2D eigenvalue weighted by Crippen LogP contribution is -2.61. The second-order valence-electron chi connectivity index (χ2n) is 8.40. The van der Waals surface area contributed by atoms with E-state index in [4.69, 9.17) is 4.74 Å². The monoisotopic (exact) mass is 397 g/mol. The van der Waals surface area contributed by atoms with Gasteiger partial charge in [0.25, 0.3) is 0 Å². The van der Waals surface area contributed by atoms with Gasteiger partial charge in [-0.15, -0.1) is 0 Å². The van der Waals surface area contributed by atoms with Crippen LogP contribution < -0.4 is 0 Å². The predicted molar refractivity (Wildman–Crippen MR) is 118 cm³/mol. The van der Waals surface area contributed by atoms with Crippen LogP contribution in [0.2, 0.25) is 0 Å². The standard InChI is InChI=1S/C27H27NO2/c29-27(23-14-8-3-9-15-23)30-26-22-16-18-28(19-17-22)25(26)24(20-10-4-1-5-11-20)21-12-6-2-7-13-21/h1-15,22,24-26H,16-19H2/t25-,26-/m0/s1. The summed E-state index contributed by atoms with van der Waals surface area (Å²) >= 11 is 0. The molecule has 6 rings (SSSR count). The Morgan fingerprint density at radius 3 is 1.80 bits per heavy atom. The number of benzene rings is 3. The van der Waals surface area contributed by atoms with E-state index in [-0.39, 0.29) is 24.0 Å². The van der Waals surface area contributed by atoms with E-state index in [0.717, 1.165) is 25.9 Å². The van der Waals surface area contributed by atoms with Crippen molar-refractivity contribution in [2.24, 2.45) is 5.92 Å². The summed E-state index contributed by atoms with van der Waals surface area (Å²) in [7, 11) is 0. The average molecular weight is 398 g/mol. The Kier molecular flexibility index (Phi) is 5.37. The molecule has 3 heterocycles. The lowest BCUT2D eigenvalue weighted by molar-refractivity contribution is -0.0887. The van der Waals surface area contributed by atoms with Gasteiger partial charge in [0.05, 0.1) is 11.6 Å². The zero-order chi connectivity index (χ0) is 20.3. The Hall–Kier alpha value is -2.91. The summed E-state index contributed by atoms with van der Waals surface area (Å²) in [6, 6.07) is 30.9.